The maximum absolute atomic E-state index is 12.8. The summed E-state index contributed by atoms with van der Waals surface area (Å²) in [6, 6.07) is 0. The molecule has 0 saturated carbocycles. The summed E-state index contributed by atoms with van der Waals surface area (Å²) in [4.78, 5) is 25.4. The molecule has 1 saturated heterocycles. The van der Waals surface area contributed by atoms with Crippen molar-refractivity contribution in [3.8, 4) is 0 Å². The molecule has 0 amide bonds. The van der Waals surface area contributed by atoms with Crippen molar-refractivity contribution in [2.24, 2.45) is 0 Å². The van der Waals surface area contributed by atoms with Gasteiger partial charge in [-0.25, -0.2) is 0 Å². The minimum Gasteiger partial charge on any atom is -0.462 e. The fourth-order valence-corrected chi connectivity index (χ4v) is 6.66. The molecule has 0 aliphatic carbocycles. The zero-order valence-corrected chi connectivity index (χ0v) is 38.0. The molecular weight excluding hydrogens is 813 g/mol. The molecule has 0 radical (unpaired) electrons. The summed E-state index contributed by atoms with van der Waals surface area (Å²) in [6.07, 6.45) is 42.8. The zero-order chi connectivity index (χ0) is 45.5. The van der Waals surface area contributed by atoms with Gasteiger partial charge in [-0.05, 0) is 83.5 Å². The van der Waals surface area contributed by atoms with E-state index in [0.29, 0.717) is 12.8 Å². The highest BCUT2D eigenvalue weighted by atomic mass is 32.2. The largest absolute Gasteiger partial charge is 0.462 e. The van der Waals surface area contributed by atoms with Crippen molar-refractivity contribution in [1.82, 2.24) is 0 Å². The molecule has 0 aromatic heterocycles. The summed E-state index contributed by atoms with van der Waals surface area (Å²) >= 11 is 0. The maximum Gasteiger partial charge on any atom is 0.306 e. The van der Waals surface area contributed by atoms with Crippen LogP contribution >= 0.6 is 0 Å². The van der Waals surface area contributed by atoms with Crippen molar-refractivity contribution < 1.29 is 56.8 Å². The lowest BCUT2D eigenvalue weighted by Gasteiger charge is -2.40. The second-order valence-electron chi connectivity index (χ2n) is 15.0. The molecule has 350 valence electrons. The summed E-state index contributed by atoms with van der Waals surface area (Å²) in [5, 5.41) is 30.9. The highest BCUT2D eigenvalue weighted by Gasteiger charge is 2.46. The number of carbonyl (C=O) groups excluding carboxylic acids is 2. The minimum absolute atomic E-state index is 0.124. The number of allylic oxidation sites excluding steroid dienone is 18. The predicted molar refractivity (Wildman–Crippen MR) is 247 cm³/mol. The van der Waals surface area contributed by atoms with Crippen molar-refractivity contribution in [2.45, 2.75) is 166 Å². The van der Waals surface area contributed by atoms with Crippen LogP contribution in [-0.4, -0.2) is 96.0 Å². The number of carbonyl (C=O) groups is 2. The molecule has 0 spiro atoms. The van der Waals surface area contributed by atoms with Crippen LogP contribution in [0, 0.1) is 0 Å². The van der Waals surface area contributed by atoms with E-state index in [9.17, 15) is 37.9 Å². The van der Waals surface area contributed by atoms with Gasteiger partial charge in [0.1, 0.15) is 36.8 Å². The molecule has 1 aliphatic rings. The Balaban J connectivity index is 2.48. The predicted octanol–water partition coefficient (Wildman–Crippen LogP) is 9.22. The van der Waals surface area contributed by atoms with Gasteiger partial charge in [0, 0.05) is 12.8 Å². The van der Waals surface area contributed by atoms with E-state index in [2.05, 4.69) is 98.9 Å². The first-order valence-electron chi connectivity index (χ1n) is 22.5. The molecule has 3 unspecified atom stereocenters. The standard InChI is InChI=1S/C49H76O12S/c1-3-5-7-9-11-13-15-17-18-19-20-21-22-23-24-26-27-29-31-33-35-37-44(50)58-39-42(40-59-49-48(54)47(53)46(52)43(61-49)41-62(55,56)57)60-45(51)38-36-34-32-30-28-25-16-14-12-10-8-6-4-2/h5-8,10-14,16-18,20-21,23-24,27,29,42-43,46-49,52-54H,3-4,9,15,19,22,25-26,28,30-41H2,1-2H3,(H,55,56,57)/b7-5+,8-6+,12-10+,13-11+,16-14+,18-17+,21-20+,24-23+,29-27+/t42?,43-,46-,47?,48?,49+/m1/s1. The van der Waals surface area contributed by atoms with Gasteiger partial charge < -0.3 is 34.3 Å². The first-order chi connectivity index (χ1) is 30.0. The molecule has 1 fully saturated rings. The van der Waals surface area contributed by atoms with Gasteiger partial charge in [0.2, 0.25) is 0 Å². The van der Waals surface area contributed by atoms with E-state index >= 15 is 0 Å². The molecule has 6 atom stereocenters. The Kier molecular flexibility index (Phi) is 34.4. The van der Waals surface area contributed by atoms with Gasteiger partial charge in [-0.15, -0.1) is 0 Å². The van der Waals surface area contributed by atoms with Gasteiger partial charge >= 0.3 is 11.9 Å². The van der Waals surface area contributed by atoms with Gasteiger partial charge in [-0.3, -0.25) is 14.1 Å². The zero-order valence-electron chi connectivity index (χ0n) is 37.2. The molecule has 1 aliphatic heterocycles. The Labute approximate surface area is 372 Å². The molecule has 0 aromatic rings. The second kappa shape index (κ2) is 37.8. The Morgan fingerprint density at radius 1 is 0.565 bits per heavy atom. The third kappa shape index (κ3) is 32.1. The van der Waals surface area contributed by atoms with Gasteiger partial charge in [0.25, 0.3) is 10.1 Å². The number of hydrogen-bond donors (Lipinski definition) is 4. The molecule has 13 heteroatoms. The van der Waals surface area contributed by atoms with Crippen LogP contribution in [0.3, 0.4) is 0 Å². The van der Waals surface area contributed by atoms with Gasteiger partial charge in [0.05, 0.1) is 6.61 Å². The second-order valence-corrected chi connectivity index (χ2v) is 16.5. The van der Waals surface area contributed by atoms with Crippen molar-refractivity contribution in [1.29, 1.82) is 0 Å². The summed E-state index contributed by atoms with van der Waals surface area (Å²) in [7, 11) is -4.62. The fraction of sp³-hybridized carbons (Fsp3) is 0.592. The first kappa shape index (κ1) is 56.3. The first-order valence-corrected chi connectivity index (χ1v) is 24.1. The van der Waals surface area contributed by atoms with Crippen LogP contribution in [0.5, 0.6) is 0 Å². The number of rotatable bonds is 35. The highest BCUT2D eigenvalue weighted by molar-refractivity contribution is 7.85. The van der Waals surface area contributed by atoms with E-state index in [1.54, 1.807) is 0 Å². The quantitative estimate of drug-likeness (QED) is 0.0156. The summed E-state index contributed by atoms with van der Waals surface area (Å²) in [6.45, 7) is 3.43. The topological polar surface area (TPSA) is 186 Å². The average Bonchev–Trinajstić information content (AvgIpc) is 3.24. The molecule has 62 heavy (non-hydrogen) atoms. The number of aliphatic hydroxyl groups is 3. The number of esters is 2. The third-order valence-electron chi connectivity index (χ3n) is 9.41. The van der Waals surface area contributed by atoms with Crippen LogP contribution in [0.15, 0.2) is 109 Å². The van der Waals surface area contributed by atoms with Gasteiger partial charge in [-0.1, -0.05) is 142 Å². The lowest BCUT2D eigenvalue weighted by Crippen LogP contribution is -2.60. The number of aliphatic hydroxyl groups excluding tert-OH is 3. The fourth-order valence-electron chi connectivity index (χ4n) is 5.97. The van der Waals surface area contributed by atoms with Crippen LogP contribution in [0.1, 0.15) is 129 Å². The lowest BCUT2D eigenvalue weighted by atomic mass is 10.00. The Morgan fingerprint density at radius 3 is 1.65 bits per heavy atom. The van der Waals surface area contributed by atoms with E-state index in [0.717, 1.165) is 89.9 Å². The molecule has 0 bridgehead atoms. The average molecular weight is 889 g/mol. The number of unbranched alkanes of at least 4 members (excludes halogenated alkanes) is 7. The maximum atomic E-state index is 12.8. The summed E-state index contributed by atoms with van der Waals surface area (Å²) < 4.78 is 54.0. The Hall–Kier alpha value is -3.69. The molecule has 4 N–H and O–H groups in total. The molecule has 1 rings (SSSR count). The van der Waals surface area contributed by atoms with Crippen LogP contribution in [0.2, 0.25) is 0 Å². The SMILES string of the molecule is CC/C=C/C=C/C=C/CCCCCCCC(=O)OC(COC(=O)CCCC/C=C/C/C=C/C/C=C/C/C=C/C/C=C/C/C=C/CC)CO[C@H]1O[C@H](CS(=O)(=O)O)[C@@H](O)C(O)C1O. The Morgan fingerprint density at radius 2 is 1.05 bits per heavy atom. The third-order valence-corrected chi connectivity index (χ3v) is 10.2. The summed E-state index contributed by atoms with van der Waals surface area (Å²) in [5.41, 5.74) is 0. The summed E-state index contributed by atoms with van der Waals surface area (Å²) in [5.74, 6) is -2.09. The Bertz CT molecular complexity index is 1560. The highest BCUT2D eigenvalue weighted by Crippen LogP contribution is 2.24. The van der Waals surface area contributed by atoms with Gasteiger partial charge in [0.15, 0.2) is 12.4 Å². The van der Waals surface area contributed by atoms with Crippen molar-refractivity contribution in [3.05, 3.63) is 109 Å². The van der Waals surface area contributed by atoms with E-state index < -0.39 is 71.2 Å². The monoisotopic (exact) mass is 889 g/mol. The number of hydrogen-bond acceptors (Lipinski definition) is 11. The molecular formula is C49H76O12S. The van der Waals surface area contributed by atoms with Gasteiger partial charge in [-0.2, -0.15) is 8.42 Å². The van der Waals surface area contributed by atoms with Crippen LogP contribution in [-0.2, 0) is 38.7 Å². The van der Waals surface area contributed by atoms with E-state index in [1.165, 1.54) is 0 Å². The van der Waals surface area contributed by atoms with E-state index in [4.69, 9.17) is 18.9 Å². The van der Waals surface area contributed by atoms with Crippen LogP contribution in [0.25, 0.3) is 0 Å². The van der Waals surface area contributed by atoms with Crippen LogP contribution in [0.4, 0.5) is 0 Å². The minimum atomic E-state index is -4.62. The van der Waals surface area contributed by atoms with Crippen molar-refractivity contribution in [2.75, 3.05) is 19.0 Å². The van der Waals surface area contributed by atoms with E-state index in [-0.39, 0.29) is 19.4 Å². The normalized spacial score (nSPS) is 20.9. The van der Waals surface area contributed by atoms with Crippen LogP contribution < -0.4 is 0 Å². The molecule has 0 aromatic carbocycles. The smallest absolute Gasteiger partial charge is 0.306 e. The van der Waals surface area contributed by atoms with Crippen molar-refractivity contribution in [3.63, 3.8) is 0 Å². The molecule has 12 nitrogen and oxygen atoms in total. The molecule has 1 heterocycles. The number of ether oxygens (including phenoxy) is 4. The van der Waals surface area contributed by atoms with E-state index in [1.807, 2.05) is 24.3 Å². The van der Waals surface area contributed by atoms with Crippen molar-refractivity contribution >= 4 is 22.1 Å². The lowest BCUT2D eigenvalue weighted by molar-refractivity contribution is -0.297.